The van der Waals surface area contributed by atoms with E-state index in [-0.39, 0.29) is 0 Å². The highest BCUT2D eigenvalue weighted by atomic mass is 32.1. The van der Waals surface area contributed by atoms with E-state index in [2.05, 4.69) is 40.4 Å². The highest BCUT2D eigenvalue weighted by molar-refractivity contribution is 7.16. The van der Waals surface area contributed by atoms with Gasteiger partial charge in [0, 0.05) is 5.69 Å². The predicted molar refractivity (Wildman–Crippen MR) is 85.5 cm³/mol. The summed E-state index contributed by atoms with van der Waals surface area (Å²) in [5, 5.41) is 6.41. The summed E-state index contributed by atoms with van der Waals surface area (Å²) in [6, 6.07) is 10.3. The van der Waals surface area contributed by atoms with E-state index in [0.717, 1.165) is 34.6 Å². The lowest BCUT2D eigenvalue weighted by Crippen LogP contribution is -2.02. The lowest BCUT2D eigenvalue weighted by atomic mass is 10.1. The van der Waals surface area contributed by atoms with Gasteiger partial charge in [-0.25, -0.2) is 4.98 Å². The highest BCUT2D eigenvalue weighted by Crippen LogP contribution is 2.29. The minimum absolute atomic E-state index is 0.301. The van der Waals surface area contributed by atoms with E-state index < -0.39 is 0 Å². The molecule has 0 bridgehead atoms. The van der Waals surface area contributed by atoms with Crippen LogP contribution in [0, 0.1) is 0 Å². The predicted octanol–water partition coefficient (Wildman–Crippen LogP) is 3.97. The van der Waals surface area contributed by atoms with E-state index in [1.54, 1.807) is 11.3 Å². The number of fused-ring (bicyclic) bond motifs is 1. The second kappa shape index (κ2) is 5.46. The Morgan fingerprint density at radius 2 is 2.05 bits per heavy atom. The zero-order valence-corrected chi connectivity index (χ0v) is 12.1. The molecule has 3 N–H and O–H groups in total. The summed E-state index contributed by atoms with van der Waals surface area (Å²) < 4.78 is 0. The molecule has 0 aliphatic rings. The first-order valence-corrected chi connectivity index (χ1v) is 7.51. The van der Waals surface area contributed by atoms with Crippen LogP contribution in [0.15, 0.2) is 35.7 Å². The Labute approximate surface area is 121 Å². The fourth-order valence-electron chi connectivity index (χ4n) is 2.22. The first-order chi connectivity index (χ1) is 9.78. The number of nitrogens with zero attached hydrogens (tertiary/aromatic N) is 2. The Morgan fingerprint density at radius 3 is 2.90 bits per heavy atom. The Hall–Kier alpha value is -2.14. The summed E-state index contributed by atoms with van der Waals surface area (Å²) >= 11 is 1.57. The van der Waals surface area contributed by atoms with Crippen molar-refractivity contribution in [1.29, 1.82) is 0 Å². The highest BCUT2D eigenvalue weighted by Gasteiger charge is 2.09. The number of aryl methyl sites for hydroxylation is 1. The summed E-state index contributed by atoms with van der Waals surface area (Å²) in [6.07, 6.45) is 2.15. The normalized spacial score (nSPS) is 10.8. The van der Waals surface area contributed by atoms with E-state index >= 15 is 0 Å². The maximum absolute atomic E-state index is 5.78. The molecule has 0 amide bonds. The lowest BCUT2D eigenvalue weighted by Gasteiger charge is -2.11. The van der Waals surface area contributed by atoms with Crippen molar-refractivity contribution in [3.8, 4) is 0 Å². The summed E-state index contributed by atoms with van der Waals surface area (Å²) in [5.74, 6) is 1.08. The molecule has 0 radical (unpaired) electrons. The van der Waals surface area contributed by atoms with Crippen LogP contribution in [-0.2, 0) is 6.42 Å². The second-order valence-corrected chi connectivity index (χ2v) is 5.50. The number of nitrogen functional groups attached to an aromatic ring is 1. The fraction of sp³-hybridized carbons (Fsp3) is 0.200. The number of hydrogen-bond acceptors (Lipinski definition) is 5. The van der Waals surface area contributed by atoms with Crippen LogP contribution in [0.5, 0.6) is 0 Å². The molecule has 3 rings (SSSR count). The molecule has 102 valence electrons. The maximum Gasteiger partial charge on any atom is 0.223 e. The molecule has 0 atom stereocenters. The molecule has 20 heavy (non-hydrogen) atoms. The minimum atomic E-state index is 0.301. The fourth-order valence-corrected chi connectivity index (χ4v) is 3.00. The number of anilines is 3. The molecular formula is C15H16N4S. The number of thiophene rings is 1. The number of nitrogens with two attached hydrogens (primary N) is 1. The van der Waals surface area contributed by atoms with Crippen molar-refractivity contribution in [3.05, 3.63) is 41.3 Å². The molecule has 0 unspecified atom stereocenters. The van der Waals surface area contributed by atoms with Gasteiger partial charge >= 0.3 is 0 Å². The van der Waals surface area contributed by atoms with Crippen LogP contribution in [0.3, 0.4) is 0 Å². The first-order valence-electron chi connectivity index (χ1n) is 6.63. The summed E-state index contributed by atoms with van der Waals surface area (Å²) in [6.45, 7) is 2.18. The van der Waals surface area contributed by atoms with Crippen LogP contribution in [0.1, 0.15) is 18.9 Å². The zero-order valence-electron chi connectivity index (χ0n) is 11.3. The zero-order chi connectivity index (χ0) is 13.9. The Bertz CT molecular complexity index is 736. The van der Waals surface area contributed by atoms with Gasteiger partial charge in [0.15, 0.2) is 0 Å². The molecule has 0 saturated heterocycles. The Morgan fingerprint density at radius 1 is 1.20 bits per heavy atom. The summed E-state index contributed by atoms with van der Waals surface area (Å²) in [4.78, 5) is 9.48. The third kappa shape index (κ3) is 2.44. The lowest BCUT2D eigenvalue weighted by molar-refractivity contribution is 0.923. The molecular weight excluding hydrogens is 268 g/mol. The third-order valence-corrected chi connectivity index (χ3v) is 3.94. The van der Waals surface area contributed by atoms with Crippen molar-refractivity contribution in [2.45, 2.75) is 19.8 Å². The number of para-hydroxylation sites is 1. The van der Waals surface area contributed by atoms with Crippen molar-refractivity contribution in [2.75, 3.05) is 11.1 Å². The standard InChI is InChI=1S/C15H16N4S/c1-2-5-10-6-3-4-7-12(10)17-13-11-8-9-20-14(11)19-15(16)18-13/h3-4,6-9H,2,5H2,1H3,(H3,16,17,18,19). The van der Waals surface area contributed by atoms with Gasteiger partial charge in [-0.1, -0.05) is 31.5 Å². The van der Waals surface area contributed by atoms with Crippen LogP contribution in [0.2, 0.25) is 0 Å². The molecule has 0 saturated carbocycles. The smallest absolute Gasteiger partial charge is 0.223 e. The van der Waals surface area contributed by atoms with Gasteiger partial charge in [0.25, 0.3) is 0 Å². The monoisotopic (exact) mass is 284 g/mol. The largest absolute Gasteiger partial charge is 0.368 e. The number of nitrogens with one attached hydrogen (secondary N) is 1. The van der Waals surface area contributed by atoms with Crippen LogP contribution < -0.4 is 11.1 Å². The maximum atomic E-state index is 5.78. The van der Waals surface area contributed by atoms with E-state index in [1.807, 2.05) is 17.5 Å². The van der Waals surface area contributed by atoms with Gasteiger partial charge in [-0.15, -0.1) is 11.3 Å². The molecule has 0 aliphatic heterocycles. The SMILES string of the molecule is CCCc1ccccc1Nc1nc(N)nc2sccc12. The number of hydrogen-bond donors (Lipinski definition) is 2. The quantitative estimate of drug-likeness (QED) is 0.761. The number of rotatable bonds is 4. The Balaban J connectivity index is 2.03. The van der Waals surface area contributed by atoms with Crippen LogP contribution in [0.4, 0.5) is 17.5 Å². The molecule has 5 heteroatoms. The molecule has 1 aromatic carbocycles. The topological polar surface area (TPSA) is 63.8 Å². The van der Waals surface area contributed by atoms with Gasteiger partial charge in [-0.2, -0.15) is 4.98 Å². The van der Waals surface area contributed by atoms with E-state index in [0.29, 0.717) is 5.95 Å². The molecule has 3 aromatic rings. The van der Waals surface area contributed by atoms with E-state index in [9.17, 15) is 0 Å². The van der Waals surface area contributed by atoms with Crippen molar-refractivity contribution in [2.24, 2.45) is 0 Å². The second-order valence-electron chi connectivity index (χ2n) is 4.60. The minimum Gasteiger partial charge on any atom is -0.368 e. The number of benzene rings is 1. The van der Waals surface area contributed by atoms with Crippen LogP contribution >= 0.6 is 11.3 Å². The van der Waals surface area contributed by atoms with Crippen molar-refractivity contribution < 1.29 is 0 Å². The molecule has 2 heterocycles. The summed E-state index contributed by atoms with van der Waals surface area (Å²) in [7, 11) is 0. The molecule has 0 fully saturated rings. The number of aromatic nitrogens is 2. The average molecular weight is 284 g/mol. The molecule has 0 spiro atoms. The molecule has 2 aromatic heterocycles. The van der Waals surface area contributed by atoms with Crippen molar-refractivity contribution >= 4 is 39.0 Å². The summed E-state index contributed by atoms with van der Waals surface area (Å²) in [5.41, 5.74) is 8.15. The Kier molecular flexibility index (Phi) is 3.52. The first kappa shape index (κ1) is 12.9. The van der Waals surface area contributed by atoms with Crippen molar-refractivity contribution in [1.82, 2.24) is 9.97 Å². The van der Waals surface area contributed by atoms with Gasteiger partial charge in [0.05, 0.1) is 5.39 Å². The third-order valence-electron chi connectivity index (χ3n) is 3.13. The average Bonchev–Trinajstić information content (AvgIpc) is 2.89. The molecule has 4 nitrogen and oxygen atoms in total. The van der Waals surface area contributed by atoms with Gasteiger partial charge in [-0.05, 0) is 29.5 Å². The van der Waals surface area contributed by atoms with E-state index in [1.165, 1.54) is 5.56 Å². The van der Waals surface area contributed by atoms with Gasteiger partial charge < -0.3 is 11.1 Å². The molecule has 0 aliphatic carbocycles. The van der Waals surface area contributed by atoms with Crippen LogP contribution in [0.25, 0.3) is 10.2 Å². The van der Waals surface area contributed by atoms with Crippen molar-refractivity contribution in [3.63, 3.8) is 0 Å². The van der Waals surface area contributed by atoms with Gasteiger partial charge in [-0.3, -0.25) is 0 Å². The van der Waals surface area contributed by atoms with Crippen LogP contribution in [-0.4, -0.2) is 9.97 Å². The van der Waals surface area contributed by atoms with Gasteiger partial charge in [0.1, 0.15) is 10.6 Å². The van der Waals surface area contributed by atoms with E-state index in [4.69, 9.17) is 5.73 Å². The van der Waals surface area contributed by atoms with Gasteiger partial charge in [0.2, 0.25) is 5.95 Å².